The van der Waals surface area contributed by atoms with Crippen molar-refractivity contribution in [1.29, 1.82) is 0 Å². The molecule has 0 fully saturated rings. The minimum Gasteiger partial charge on any atom is -0.486 e. The van der Waals surface area contributed by atoms with Gasteiger partial charge in [0.15, 0.2) is 11.5 Å². The van der Waals surface area contributed by atoms with Gasteiger partial charge in [-0.3, -0.25) is 4.79 Å². The van der Waals surface area contributed by atoms with Crippen LogP contribution < -0.4 is 9.47 Å². The first-order valence-corrected chi connectivity index (χ1v) is 5.50. The number of hydrogen-bond donors (Lipinski definition) is 1. The molecule has 0 bridgehead atoms. The summed E-state index contributed by atoms with van der Waals surface area (Å²) in [7, 11) is 0. The van der Waals surface area contributed by atoms with Gasteiger partial charge in [0.25, 0.3) is 0 Å². The molecular formula is C14H14O5. The van der Waals surface area contributed by atoms with Crippen molar-refractivity contribution in [2.75, 3.05) is 6.61 Å². The van der Waals surface area contributed by atoms with Crippen molar-refractivity contribution < 1.29 is 24.2 Å². The number of carbonyl (C=O) groups excluding carboxylic acids is 1. The molecule has 0 aromatic heterocycles. The van der Waals surface area contributed by atoms with E-state index in [1.165, 1.54) is 13.0 Å². The van der Waals surface area contributed by atoms with Crippen LogP contribution in [0.25, 0.3) is 6.08 Å². The average Bonchev–Trinajstić information content (AvgIpc) is 2.35. The molecule has 0 saturated carbocycles. The fraction of sp³-hybridized carbons (Fsp3) is 0.143. The van der Waals surface area contributed by atoms with Crippen molar-refractivity contribution in [3.05, 3.63) is 42.5 Å². The summed E-state index contributed by atoms with van der Waals surface area (Å²) in [5.41, 5.74) is 0.623. The molecule has 0 spiro atoms. The number of hydrogen-bond acceptors (Lipinski definition) is 4. The van der Waals surface area contributed by atoms with E-state index in [2.05, 4.69) is 6.58 Å². The average molecular weight is 262 g/mol. The number of carboxylic acid groups (broad SMARTS) is 1. The molecule has 1 aromatic carbocycles. The Bertz CT molecular complexity index is 517. The topological polar surface area (TPSA) is 72.8 Å². The second-order valence-electron chi connectivity index (χ2n) is 3.57. The number of ether oxygens (including phenoxy) is 2. The summed E-state index contributed by atoms with van der Waals surface area (Å²) in [5, 5.41) is 8.56. The maximum atomic E-state index is 10.9. The molecule has 5 nitrogen and oxygen atoms in total. The van der Waals surface area contributed by atoms with Gasteiger partial charge in [-0.25, -0.2) is 4.79 Å². The van der Waals surface area contributed by atoms with Crippen molar-refractivity contribution in [3.63, 3.8) is 0 Å². The lowest BCUT2D eigenvalue weighted by Crippen LogP contribution is -2.04. The van der Waals surface area contributed by atoms with E-state index < -0.39 is 11.9 Å². The first-order valence-electron chi connectivity index (χ1n) is 5.50. The molecule has 100 valence electrons. The fourth-order valence-corrected chi connectivity index (χ4v) is 1.30. The molecule has 0 heterocycles. The Hall–Kier alpha value is -2.56. The highest BCUT2D eigenvalue weighted by Crippen LogP contribution is 2.29. The summed E-state index contributed by atoms with van der Waals surface area (Å²) in [6.07, 6.45) is 3.98. The molecule has 1 rings (SSSR count). The second kappa shape index (κ2) is 7.00. The van der Waals surface area contributed by atoms with Crippen LogP contribution in [-0.4, -0.2) is 23.7 Å². The van der Waals surface area contributed by atoms with E-state index in [4.69, 9.17) is 14.6 Å². The molecule has 1 aromatic rings. The van der Waals surface area contributed by atoms with Crippen molar-refractivity contribution in [2.24, 2.45) is 0 Å². The molecule has 0 aliphatic heterocycles. The Kier molecular flexibility index (Phi) is 5.35. The number of esters is 1. The molecule has 5 heteroatoms. The predicted octanol–water partition coefficient (Wildman–Crippen LogP) is 2.27. The zero-order valence-corrected chi connectivity index (χ0v) is 10.5. The van der Waals surface area contributed by atoms with Crippen LogP contribution in [0.5, 0.6) is 11.5 Å². The number of aliphatic carboxylic acids is 1. The van der Waals surface area contributed by atoms with Gasteiger partial charge in [0.2, 0.25) is 0 Å². The van der Waals surface area contributed by atoms with Crippen LogP contribution in [0.2, 0.25) is 0 Å². The zero-order valence-electron chi connectivity index (χ0n) is 10.5. The van der Waals surface area contributed by atoms with Crippen LogP contribution in [0.15, 0.2) is 36.9 Å². The highest BCUT2D eigenvalue weighted by Gasteiger charge is 2.08. The normalized spacial score (nSPS) is 10.2. The number of benzene rings is 1. The van der Waals surface area contributed by atoms with E-state index in [0.29, 0.717) is 11.3 Å². The van der Waals surface area contributed by atoms with Gasteiger partial charge in [0.1, 0.15) is 6.61 Å². The molecule has 0 aliphatic carbocycles. The van der Waals surface area contributed by atoms with Gasteiger partial charge in [-0.2, -0.15) is 0 Å². The van der Waals surface area contributed by atoms with Crippen molar-refractivity contribution in [3.8, 4) is 11.5 Å². The first kappa shape index (κ1) is 14.5. The van der Waals surface area contributed by atoms with Gasteiger partial charge in [0.05, 0.1) is 0 Å². The Morgan fingerprint density at radius 2 is 2.11 bits per heavy atom. The third kappa shape index (κ3) is 5.08. The Labute approximate surface area is 110 Å². The van der Waals surface area contributed by atoms with Gasteiger partial charge < -0.3 is 14.6 Å². The van der Waals surface area contributed by atoms with E-state index in [1.54, 1.807) is 24.3 Å². The standard InChI is InChI=1S/C14H14O5/c1-3-8-18-13-9-11(5-7-14(16)17)4-6-12(13)19-10(2)15/h3-7,9H,1,8H2,2H3,(H,16,17)/b7-5+. The molecule has 0 radical (unpaired) electrons. The van der Waals surface area contributed by atoms with Crippen LogP contribution in [0, 0.1) is 0 Å². The second-order valence-corrected chi connectivity index (χ2v) is 3.57. The van der Waals surface area contributed by atoms with Crippen LogP contribution >= 0.6 is 0 Å². The monoisotopic (exact) mass is 262 g/mol. The lowest BCUT2D eigenvalue weighted by atomic mass is 10.2. The third-order valence-corrected chi connectivity index (χ3v) is 2.00. The molecule has 0 saturated heterocycles. The molecule has 0 atom stereocenters. The highest BCUT2D eigenvalue weighted by atomic mass is 16.6. The minimum absolute atomic E-state index is 0.250. The summed E-state index contributed by atoms with van der Waals surface area (Å²) >= 11 is 0. The number of carbonyl (C=O) groups is 2. The fourth-order valence-electron chi connectivity index (χ4n) is 1.30. The number of rotatable bonds is 6. The van der Waals surface area contributed by atoms with Crippen LogP contribution in [0.4, 0.5) is 0 Å². The lowest BCUT2D eigenvalue weighted by molar-refractivity contribution is -0.132. The predicted molar refractivity (Wildman–Crippen MR) is 70.1 cm³/mol. The third-order valence-electron chi connectivity index (χ3n) is 2.00. The van der Waals surface area contributed by atoms with E-state index in [-0.39, 0.29) is 12.4 Å². The summed E-state index contributed by atoms with van der Waals surface area (Å²) < 4.78 is 10.3. The Morgan fingerprint density at radius 1 is 1.37 bits per heavy atom. The number of carboxylic acids is 1. The van der Waals surface area contributed by atoms with Gasteiger partial charge in [0, 0.05) is 13.0 Å². The van der Waals surface area contributed by atoms with Crippen molar-refractivity contribution >= 4 is 18.0 Å². The van der Waals surface area contributed by atoms with Crippen LogP contribution in [-0.2, 0) is 9.59 Å². The maximum absolute atomic E-state index is 10.9. The smallest absolute Gasteiger partial charge is 0.328 e. The molecule has 0 aliphatic rings. The Morgan fingerprint density at radius 3 is 2.68 bits per heavy atom. The zero-order chi connectivity index (χ0) is 14.3. The summed E-state index contributed by atoms with van der Waals surface area (Å²) in [5.74, 6) is -0.876. The maximum Gasteiger partial charge on any atom is 0.328 e. The Balaban J connectivity index is 3.02. The van der Waals surface area contributed by atoms with Crippen molar-refractivity contribution in [1.82, 2.24) is 0 Å². The van der Waals surface area contributed by atoms with Gasteiger partial charge in [-0.05, 0) is 23.8 Å². The molecule has 1 N–H and O–H groups in total. The molecule has 0 amide bonds. The largest absolute Gasteiger partial charge is 0.486 e. The summed E-state index contributed by atoms with van der Waals surface area (Å²) in [6, 6.07) is 4.75. The van der Waals surface area contributed by atoms with Gasteiger partial charge >= 0.3 is 11.9 Å². The summed E-state index contributed by atoms with van der Waals surface area (Å²) in [6.45, 7) is 5.06. The van der Waals surface area contributed by atoms with Crippen molar-refractivity contribution in [2.45, 2.75) is 6.92 Å². The van der Waals surface area contributed by atoms with E-state index in [0.717, 1.165) is 6.08 Å². The van der Waals surface area contributed by atoms with E-state index >= 15 is 0 Å². The SMILES string of the molecule is C=CCOc1cc(/C=C/C(=O)O)ccc1OC(C)=O. The highest BCUT2D eigenvalue weighted by molar-refractivity contribution is 5.85. The molecule has 19 heavy (non-hydrogen) atoms. The lowest BCUT2D eigenvalue weighted by Gasteiger charge is -2.10. The van der Waals surface area contributed by atoms with Gasteiger partial charge in [-0.15, -0.1) is 0 Å². The van der Waals surface area contributed by atoms with Gasteiger partial charge in [-0.1, -0.05) is 18.7 Å². The quantitative estimate of drug-likeness (QED) is 0.368. The summed E-state index contributed by atoms with van der Waals surface area (Å²) in [4.78, 5) is 21.4. The van der Waals surface area contributed by atoms with E-state index in [1.807, 2.05) is 0 Å². The van der Waals surface area contributed by atoms with Crippen LogP contribution in [0.3, 0.4) is 0 Å². The van der Waals surface area contributed by atoms with Crippen LogP contribution in [0.1, 0.15) is 12.5 Å². The minimum atomic E-state index is -1.04. The molecular weight excluding hydrogens is 248 g/mol. The first-order chi connectivity index (χ1) is 9.02. The molecule has 0 unspecified atom stereocenters. The van der Waals surface area contributed by atoms with E-state index in [9.17, 15) is 9.59 Å².